The first kappa shape index (κ1) is 13.6. The van der Waals surface area contributed by atoms with Crippen LogP contribution in [-0.2, 0) is 6.42 Å². The minimum absolute atomic E-state index is 0.346. The molecule has 0 heterocycles. The summed E-state index contributed by atoms with van der Waals surface area (Å²) < 4.78 is 0. The third-order valence-electron chi connectivity index (χ3n) is 4.54. The summed E-state index contributed by atoms with van der Waals surface area (Å²) in [6.45, 7) is 2.52. The molecule has 1 N–H and O–H groups in total. The fourth-order valence-electron chi connectivity index (χ4n) is 3.28. The van der Waals surface area contributed by atoms with Crippen molar-refractivity contribution in [2.45, 2.75) is 51.9 Å². The van der Waals surface area contributed by atoms with Crippen LogP contribution in [0.25, 0.3) is 0 Å². The molecule has 0 aromatic heterocycles. The quantitative estimate of drug-likeness (QED) is 0.792. The third-order valence-corrected chi connectivity index (χ3v) is 4.54. The topological polar surface area (TPSA) is 20.2 Å². The van der Waals surface area contributed by atoms with Gasteiger partial charge in [-0.3, -0.25) is 0 Å². The van der Waals surface area contributed by atoms with E-state index in [1.165, 1.54) is 49.7 Å². The van der Waals surface area contributed by atoms with E-state index in [0.29, 0.717) is 12.5 Å². The number of hydrogen-bond acceptors (Lipinski definition) is 1. The predicted molar refractivity (Wildman–Crippen MR) is 76.7 cm³/mol. The summed E-state index contributed by atoms with van der Waals surface area (Å²) in [5.41, 5.74) is 2.78. The Balaban J connectivity index is 2.02. The number of aliphatic hydroxyl groups excluding tert-OH is 1. The summed E-state index contributed by atoms with van der Waals surface area (Å²) in [6.07, 6.45) is 9.17. The van der Waals surface area contributed by atoms with E-state index in [0.717, 1.165) is 12.3 Å². The van der Waals surface area contributed by atoms with Gasteiger partial charge in [0.1, 0.15) is 0 Å². The molecule has 0 saturated heterocycles. The molecule has 18 heavy (non-hydrogen) atoms. The molecule has 0 aliphatic heterocycles. The Morgan fingerprint density at radius 1 is 1.11 bits per heavy atom. The minimum atomic E-state index is 0.346. The van der Waals surface area contributed by atoms with E-state index in [1.807, 2.05) is 0 Å². The average molecular weight is 246 g/mol. The molecular weight excluding hydrogens is 220 g/mol. The summed E-state index contributed by atoms with van der Waals surface area (Å²) in [5, 5.41) is 9.72. The van der Waals surface area contributed by atoms with Gasteiger partial charge in [0.05, 0.1) is 0 Å². The summed E-state index contributed by atoms with van der Waals surface area (Å²) in [4.78, 5) is 0. The smallest absolute Gasteiger partial charge is 0.0465 e. The van der Waals surface area contributed by atoms with Gasteiger partial charge in [-0.2, -0.15) is 0 Å². The zero-order chi connectivity index (χ0) is 12.8. The maximum Gasteiger partial charge on any atom is 0.0465 e. The molecule has 1 aliphatic carbocycles. The molecule has 1 aromatic carbocycles. The van der Waals surface area contributed by atoms with Crippen LogP contribution in [0.4, 0.5) is 0 Å². The standard InChI is InChI=1S/C17H26O/c1-14-8-6-7-11-16(14)12-17(13-18)15-9-4-2-3-5-10-15/h6-8,11,15,17-18H,2-5,9-10,12-13H2,1H3. The molecule has 2 rings (SSSR count). The molecule has 0 amide bonds. The van der Waals surface area contributed by atoms with Crippen molar-refractivity contribution in [3.8, 4) is 0 Å². The average Bonchev–Trinajstić information content (AvgIpc) is 2.67. The third kappa shape index (κ3) is 3.58. The van der Waals surface area contributed by atoms with Crippen LogP contribution in [0.1, 0.15) is 49.7 Å². The van der Waals surface area contributed by atoms with Crippen LogP contribution >= 0.6 is 0 Å². The van der Waals surface area contributed by atoms with Gasteiger partial charge in [0.25, 0.3) is 0 Å². The van der Waals surface area contributed by atoms with Crippen molar-refractivity contribution in [1.82, 2.24) is 0 Å². The van der Waals surface area contributed by atoms with Crippen molar-refractivity contribution in [3.05, 3.63) is 35.4 Å². The second kappa shape index (κ2) is 6.94. The van der Waals surface area contributed by atoms with Crippen LogP contribution in [0, 0.1) is 18.8 Å². The molecule has 0 radical (unpaired) electrons. The maximum atomic E-state index is 9.72. The second-order valence-electron chi connectivity index (χ2n) is 5.82. The first-order chi connectivity index (χ1) is 8.81. The van der Waals surface area contributed by atoms with Crippen LogP contribution in [0.3, 0.4) is 0 Å². The number of hydrogen-bond donors (Lipinski definition) is 1. The highest BCUT2D eigenvalue weighted by Gasteiger charge is 2.22. The van der Waals surface area contributed by atoms with Crippen molar-refractivity contribution in [1.29, 1.82) is 0 Å². The van der Waals surface area contributed by atoms with Crippen LogP contribution < -0.4 is 0 Å². The van der Waals surface area contributed by atoms with Gasteiger partial charge in [-0.05, 0) is 36.3 Å². The summed E-state index contributed by atoms with van der Waals surface area (Å²) in [5.74, 6) is 1.20. The van der Waals surface area contributed by atoms with Crippen molar-refractivity contribution in [2.24, 2.45) is 11.8 Å². The van der Waals surface area contributed by atoms with Crippen LogP contribution in [0.5, 0.6) is 0 Å². The Morgan fingerprint density at radius 3 is 2.39 bits per heavy atom. The molecular formula is C17H26O. The Kier molecular flexibility index (Phi) is 5.25. The Bertz CT molecular complexity index is 350. The lowest BCUT2D eigenvalue weighted by Gasteiger charge is -2.25. The van der Waals surface area contributed by atoms with E-state index < -0.39 is 0 Å². The lowest BCUT2D eigenvalue weighted by atomic mass is 9.82. The maximum absolute atomic E-state index is 9.72. The normalized spacial score (nSPS) is 19.4. The van der Waals surface area contributed by atoms with Crippen LogP contribution in [0.15, 0.2) is 24.3 Å². The van der Waals surface area contributed by atoms with Crippen molar-refractivity contribution in [3.63, 3.8) is 0 Å². The molecule has 1 nitrogen and oxygen atoms in total. The van der Waals surface area contributed by atoms with Gasteiger partial charge < -0.3 is 5.11 Å². The Morgan fingerprint density at radius 2 is 1.78 bits per heavy atom. The SMILES string of the molecule is Cc1ccccc1CC(CO)C1CCCCCC1. The molecule has 1 unspecified atom stereocenters. The van der Waals surface area contributed by atoms with Crippen molar-refractivity contribution in [2.75, 3.05) is 6.61 Å². The Labute approximate surface area is 111 Å². The van der Waals surface area contributed by atoms with Crippen LogP contribution in [-0.4, -0.2) is 11.7 Å². The zero-order valence-corrected chi connectivity index (χ0v) is 11.6. The molecule has 0 bridgehead atoms. The molecule has 100 valence electrons. The van der Waals surface area contributed by atoms with E-state index in [2.05, 4.69) is 31.2 Å². The highest BCUT2D eigenvalue weighted by Crippen LogP contribution is 2.31. The van der Waals surface area contributed by atoms with E-state index in [9.17, 15) is 5.11 Å². The van der Waals surface area contributed by atoms with Crippen LogP contribution in [0.2, 0.25) is 0 Å². The predicted octanol–water partition coefficient (Wildman–Crippen LogP) is 4.12. The van der Waals surface area contributed by atoms with Gasteiger partial charge in [-0.25, -0.2) is 0 Å². The highest BCUT2D eigenvalue weighted by atomic mass is 16.3. The molecule has 1 saturated carbocycles. The lowest BCUT2D eigenvalue weighted by molar-refractivity contribution is 0.163. The highest BCUT2D eigenvalue weighted by molar-refractivity contribution is 5.26. The monoisotopic (exact) mass is 246 g/mol. The van der Waals surface area contributed by atoms with Gasteiger partial charge in [-0.1, -0.05) is 62.8 Å². The summed E-state index contributed by atoms with van der Waals surface area (Å²) >= 11 is 0. The van der Waals surface area contributed by atoms with Gasteiger partial charge >= 0.3 is 0 Å². The van der Waals surface area contributed by atoms with E-state index >= 15 is 0 Å². The second-order valence-corrected chi connectivity index (χ2v) is 5.82. The van der Waals surface area contributed by atoms with Crippen molar-refractivity contribution < 1.29 is 5.11 Å². The summed E-state index contributed by atoms with van der Waals surface area (Å²) in [7, 11) is 0. The first-order valence-electron chi connectivity index (χ1n) is 7.46. The fourth-order valence-corrected chi connectivity index (χ4v) is 3.28. The van der Waals surface area contributed by atoms with E-state index in [-0.39, 0.29) is 0 Å². The lowest BCUT2D eigenvalue weighted by Crippen LogP contribution is -2.21. The number of rotatable bonds is 4. The minimum Gasteiger partial charge on any atom is -0.396 e. The molecule has 1 aliphatic rings. The Hall–Kier alpha value is -0.820. The van der Waals surface area contributed by atoms with E-state index in [4.69, 9.17) is 0 Å². The zero-order valence-electron chi connectivity index (χ0n) is 11.6. The molecule has 1 heteroatoms. The molecule has 0 spiro atoms. The largest absolute Gasteiger partial charge is 0.396 e. The number of benzene rings is 1. The number of aliphatic hydroxyl groups is 1. The molecule has 1 atom stereocenters. The first-order valence-corrected chi connectivity index (χ1v) is 7.46. The summed E-state index contributed by atoms with van der Waals surface area (Å²) in [6, 6.07) is 8.61. The van der Waals surface area contributed by atoms with Gasteiger partial charge in [0, 0.05) is 6.61 Å². The van der Waals surface area contributed by atoms with E-state index in [1.54, 1.807) is 0 Å². The van der Waals surface area contributed by atoms with Crippen molar-refractivity contribution >= 4 is 0 Å². The molecule has 1 fully saturated rings. The van der Waals surface area contributed by atoms with Gasteiger partial charge in [0.15, 0.2) is 0 Å². The van der Waals surface area contributed by atoms with Gasteiger partial charge in [-0.15, -0.1) is 0 Å². The molecule has 1 aromatic rings. The van der Waals surface area contributed by atoms with Gasteiger partial charge in [0.2, 0.25) is 0 Å². The fraction of sp³-hybridized carbons (Fsp3) is 0.647. The number of aryl methyl sites for hydroxylation is 1.